The standard InChI is InChI=1S/C7H14ClNO3S/c8-4-3-7-13(10,11)9-5-1-2-6-12-9/h1-7H2. The van der Waals surface area contributed by atoms with Crippen molar-refractivity contribution in [3.63, 3.8) is 0 Å². The molecule has 0 N–H and O–H groups in total. The summed E-state index contributed by atoms with van der Waals surface area (Å²) in [6.07, 6.45) is 2.28. The zero-order chi connectivity index (χ0) is 9.73. The molecule has 0 spiro atoms. The average molecular weight is 228 g/mol. The molecule has 0 aromatic carbocycles. The fraction of sp³-hybridized carbons (Fsp3) is 1.00. The summed E-state index contributed by atoms with van der Waals surface area (Å²) in [7, 11) is -3.22. The van der Waals surface area contributed by atoms with E-state index in [1.807, 2.05) is 0 Å². The maximum Gasteiger partial charge on any atom is 0.236 e. The highest BCUT2D eigenvalue weighted by Gasteiger charge is 2.24. The van der Waals surface area contributed by atoms with Crippen molar-refractivity contribution in [1.82, 2.24) is 4.47 Å². The molecule has 6 heteroatoms. The van der Waals surface area contributed by atoms with E-state index >= 15 is 0 Å². The van der Waals surface area contributed by atoms with Crippen molar-refractivity contribution in [2.24, 2.45) is 0 Å². The van der Waals surface area contributed by atoms with Gasteiger partial charge in [0, 0.05) is 12.4 Å². The van der Waals surface area contributed by atoms with Crippen molar-refractivity contribution in [3.8, 4) is 0 Å². The lowest BCUT2D eigenvalue weighted by Gasteiger charge is -2.24. The van der Waals surface area contributed by atoms with Gasteiger partial charge in [0.1, 0.15) is 0 Å². The number of halogens is 1. The molecule has 0 atom stereocenters. The van der Waals surface area contributed by atoms with Gasteiger partial charge in [0.15, 0.2) is 0 Å². The van der Waals surface area contributed by atoms with E-state index in [2.05, 4.69) is 0 Å². The minimum atomic E-state index is -3.22. The van der Waals surface area contributed by atoms with Crippen LogP contribution in [0.4, 0.5) is 0 Å². The van der Waals surface area contributed by atoms with Gasteiger partial charge in [-0.1, -0.05) is 4.47 Å². The van der Waals surface area contributed by atoms with Crippen LogP contribution in [0.2, 0.25) is 0 Å². The molecular formula is C7H14ClNO3S. The second-order valence-electron chi connectivity index (χ2n) is 2.93. The summed E-state index contributed by atoms with van der Waals surface area (Å²) in [6, 6.07) is 0. The minimum absolute atomic E-state index is 0.0799. The molecule has 0 aliphatic carbocycles. The summed E-state index contributed by atoms with van der Waals surface area (Å²) in [5.74, 6) is 0.448. The number of sulfonamides is 1. The van der Waals surface area contributed by atoms with Crippen LogP contribution in [0, 0.1) is 0 Å². The summed E-state index contributed by atoms with van der Waals surface area (Å²) in [4.78, 5) is 5.04. The first-order chi connectivity index (χ1) is 6.17. The molecular weight excluding hydrogens is 214 g/mol. The van der Waals surface area contributed by atoms with Crippen LogP contribution in [-0.4, -0.2) is 37.7 Å². The maximum atomic E-state index is 11.5. The second-order valence-corrected chi connectivity index (χ2v) is 5.28. The Bertz CT molecular complexity index is 236. The third kappa shape index (κ3) is 3.42. The van der Waals surface area contributed by atoms with Crippen molar-refractivity contribution in [2.75, 3.05) is 24.8 Å². The minimum Gasteiger partial charge on any atom is -0.284 e. The molecule has 0 aromatic rings. The molecule has 0 radical (unpaired) electrons. The SMILES string of the molecule is O=S(=O)(CCCCl)N1CCCCO1. The normalized spacial score (nSPS) is 20.4. The lowest BCUT2D eigenvalue weighted by atomic mass is 10.3. The first-order valence-corrected chi connectivity index (χ1v) is 6.50. The lowest BCUT2D eigenvalue weighted by molar-refractivity contribution is -0.108. The topological polar surface area (TPSA) is 46.6 Å². The van der Waals surface area contributed by atoms with Crippen molar-refractivity contribution >= 4 is 21.6 Å². The Balaban J connectivity index is 2.47. The van der Waals surface area contributed by atoms with Crippen molar-refractivity contribution in [3.05, 3.63) is 0 Å². The summed E-state index contributed by atoms with van der Waals surface area (Å²) in [5, 5.41) is 0. The average Bonchev–Trinajstić information content (AvgIpc) is 2.16. The second kappa shape index (κ2) is 5.14. The summed E-state index contributed by atoms with van der Waals surface area (Å²) >= 11 is 5.42. The zero-order valence-corrected chi connectivity index (χ0v) is 8.98. The third-order valence-corrected chi connectivity index (χ3v) is 3.80. The Morgan fingerprint density at radius 1 is 1.38 bits per heavy atom. The van der Waals surface area contributed by atoms with E-state index in [0.717, 1.165) is 17.3 Å². The largest absolute Gasteiger partial charge is 0.284 e. The molecule has 1 aliphatic heterocycles. The van der Waals surface area contributed by atoms with Crippen molar-refractivity contribution < 1.29 is 13.3 Å². The van der Waals surface area contributed by atoms with Crippen LogP contribution >= 0.6 is 11.6 Å². The molecule has 0 saturated carbocycles. The van der Waals surface area contributed by atoms with E-state index in [0.29, 0.717) is 25.5 Å². The van der Waals surface area contributed by atoms with Gasteiger partial charge in [0.05, 0.1) is 12.4 Å². The molecule has 0 bridgehead atoms. The lowest BCUT2D eigenvalue weighted by Crippen LogP contribution is -2.37. The Labute approximate surface area is 83.8 Å². The van der Waals surface area contributed by atoms with Gasteiger partial charge in [-0.05, 0) is 19.3 Å². The van der Waals surface area contributed by atoms with Crippen LogP contribution in [0.5, 0.6) is 0 Å². The predicted octanol–water partition coefficient (Wildman–Crippen LogP) is 0.973. The fourth-order valence-electron chi connectivity index (χ4n) is 1.13. The molecule has 1 heterocycles. The van der Waals surface area contributed by atoms with Crippen LogP contribution in [0.1, 0.15) is 19.3 Å². The Hall–Kier alpha value is 0.160. The van der Waals surface area contributed by atoms with E-state index < -0.39 is 10.0 Å². The number of nitrogens with zero attached hydrogens (tertiary/aromatic N) is 1. The molecule has 13 heavy (non-hydrogen) atoms. The Morgan fingerprint density at radius 3 is 2.69 bits per heavy atom. The highest BCUT2D eigenvalue weighted by molar-refractivity contribution is 7.88. The van der Waals surface area contributed by atoms with E-state index in [-0.39, 0.29) is 5.75 Å². The molecule has 1 rings (SSSR count). The fourth-order valence-corrected chi connectivity index (χ4v) is 2.78. The molecule has 1 fully saturated rings. The zero-order valence-electron chi connectivity index (χ0n) is 7.41. The van der Waals surface area contributed by atoms with Crippen molar-refractivity contribution in [2.45, 2.75) is 19.3 Å². The maximum absolute atomic E-state index is 11.5. The third-order valence-electron chi connectivity index (χ3n) is 1.82. The van der Waals surface area contributed by atoms with Gasteiger partial charge in [-0.15, -0.1) is 11.6 Å². The van der Waals surface area contributed by atoms with E-state index in [1.165, 1.54) is 0 Å². The first kappa shape index (κ1) is 11.2. The summed E-state index contributed by atoms with van der Waals surface area (Å²) < 4.78 is 24.1. The first-order valence-electron chi connectivity index (χ1n) is 4.36. The summed E-state index contributed by atoms with van der Waals surface area (Å²) in [6.45, 7) is 0.977. The Morgan fingerprint density at radius 2 is 2.15 bits per heavy atom. The van der Waals surface area contributed by atoms with Crippen LogP contribution in [0.3, 0.4) is 0 Å². The van der Waals surface area contributed by atoms with Crippen LogP contribution in [0.25, 0.3) is 0 Å². The summed E-state index contributed by atoms with van der Waals surface area (Å²) in [5.41, 5.74) is 0. The Kier molecular flexibility index (Phi) is 4.45. The van der Waals surface area contributed by atoms with Gasteiger partial charge in [-0.3, -0.25) is 4.84 Å². The van der Waals surface area contributed by atoms with E-state index in [4.69, 9.17) is 16.4 Å². The van der Waals surface area contributed by atoms with Gasteiger partial charge in [-0.25, -0.2) is 8.42 Å². The van der Waals surface area contributed by atoms with Gasteiger partial charge >= 0.3 is 0 Å². The van der Waals surface area contributed by atoms with E-state index in [9.17, 15) is 8.42 Å². The number of hydrogen-bond donors (Lipinski definition) is 0. The molecule has 0 aromatic heterocycles. The van der Waals surface area contributed by atoms with Crippen LogP contribution < -0.4 is 0 Å². The predicted molar refractivity (Wildman–Crippen MR) is 51.0 cm³/mol. The van der Waals surface area contributed by atoms with Gasteiger partial charge in [0.25, 0.3) is 0 Å². The van der Waals surface area contributed by atoms with Crippen LogP contribution in [0.15, 0.2) is 0 Å². The number of hydrogen-bond acceptors (Lipinski definition) is 3. The van der Waals surface area contributed by atoms with Crippen molar-refractivity contribution in [1.29, 1.82) is 0 Å². The molecule has 78 valence electrons. The highest BCUT2D eigenvalue weighted by Crippen LogP contribution is 2.12. The number of alkyl halides is 1. The van der Waals surface area contributed by atoms with E-state index in [1.54, 1.807) is 0 Å². The molecule has 0 amide bonds. The number of rotatable bonds is 4. The molecule has 4 nitrogen and oxygen atoms in total. The quantitative estimate of drug-likeness (QED) is 0.673. The van der Waals surface area contributed by atoms with Crippen LogP contribution in [-0.2, 0) is 14.9 Å². The van der Waals surface area contributed by atoms with Gasteiger partial charge in [-0.2, -0.15) is 0 Å². The highest BCUT2D eigenvalue weighted by atomic mass is 35.5. The molecule has 1 aliphatic rings. The monoisotopic (exact) mass is 227 g/mol. The van der Waals surface area contributed by atoms with Gasteiger partial charge < -0.3 is 0 Å². The smallest absolute Gasteiger partial charge is 0.236 e. The molecule has 1 saturated heterocycles. The number of hydroxylamine groups is 1. The molecule has 0 unspecified atom stereocenters. The van der Waals surface area contributed by atoms with Gasteiger partial charge in [0.2, 0.25) is 10.0 Å².